The Morgan fingerprint density at radius 1 is 1.20 bits per heavy atom. The van der Waals surface area contributed by atoms with Gasteiger partial charge in [-0.1, -0.05) is 35.7 Å². The quantitative estimate of drug-likeness (QED) is 0.419. The number of nitrogens with zero attached hydrogens (tertiary/aromatic N) is 2. The van der Waals surface area contributed by atoms with Crippen LogP contribution in [0.5, 0.6) is 5.75 Å². The van der Waals surface area contributed by atoms with E-state index < -0.39 is 17.5 Å². The smallest absolute Gasteiger partial charge is 0.251 e. The first-order chi connectivity index (χ1) is 16.9. The van der Waals surface area contributed by atoms with E-state index in [1.54, 1.807) is 30.3 Å². The number of rotatable bonds is 9. The van der Waals surface area contributed by atoms with Crippen molar-refractivity contribution < 1.29 is 13.9 Å². The van der Waals surface area contributed by atoms with Gasteiger partial charge in [0, 0.05) is 30.7 Å². The van der Waals surface area contributed by atoms with E-state index >= 15 is 0 Å². The van der Waals surface area contributed by atoms with Crippen LogP contribution >= 0.6 is 23.2 Å². The van der Waals surface area contributed by atoms with E-state index in [9.17, 15) is 9.18 Å². The number of anilines is 1. The van der Waals surface area contributed by atoms with Crippen LogP contribution in [0.2, 0.25) is 10.0 Å². The average Bonchev–Trinajstić information content (AvgIpc) is 2.84. The normalized spacial score (nSPS) is 20.1. The Bertz CT molecular complexity index is 1120. The van der Waals surface area contributed by atoms with Crippen molar-refractivity contribution in [3.05, 3.63) is 69.6 Å². The van der Waals surface area contributed by atoms with Crippen molar-refractivity contribution in [2.24, 2.45) is 10.7 Å². The highest BCUT2D eigenvalue weighted by Gasteiger charge is 2.37. The van der Waals surface area contributed by atoms with Crippen molar-refractivity contribution in [1.29, 1.82) is 0 Å². The zero-order valence-corrected chi connectivity index (χ0v) is 20.7. The van der Waals surface area contributed by atoms with Gasteiger partial charge in [-0.3, -0.25) is 4.79 Å². The predicted octanol–water partition coefficient (Wildman–Crippen LogP) is 4.65. The monoisotopic (exact) mass is 519 g/mol. The molecule has 1 fully saturated rings. The van der Waals surface area contributed by atoms with E-state index in [0.717, 1.165) is 26.1 Å². The van der Waals surface area contributed by atoms with Crippen LogP contribution in [0.25, 0.3) is 0 Å². The highest BCUT2D eigenvalue weighted by molar-refractivity contribution is 6.36. The first-order valence-electron chi connectivity index (χ1n) is 11.6. The summed E-state index contributed by atoms with van der Waals surface area (Å²) >= 11 is 12.9. The van der Waals surface area contributed by atoms with Gasteiger partial charge < -0.3 is 26.0 Å². The molecule has 4 rings (SSSR count). The van der Waals surface area contributed by atoms with Crippen LogP contribution in [0.3, 0.4) is 0 Å². The molecule has 2 aliphatic rings. The summed E-state index contributed by atoms with van der Waals surface area (Å²) in [5, 5.41) is 6.84. The molecule has 2 aromatic rings. The fourth-order valence-corrected chi connectivity index (χ4v) is 4.90. The van der Waals surface area contributed by atoms with Crippen molar-refractivity contribution in [2.45, 2.75) is 31.5 Å². The minimum atomic E-state index is -1.39. The number of aliphatic imine (C=N–C) groups is 1. The van der Waals surface area contributed by atoms with Gasteiger partial charge in [0.05, 0.1) is 27.8 Å². The van der Waals surface area contributed by atoms with Crippen molar-refractivity contribution in [2.75, 3.05) is 31.6 Å². The van der Waals surface area contributed by atoms with E-state index in [1.165, 1.54) is 37.7 Å². The molecule has 35 heavy (non-hydrogen) atoms. The van der Waals surface area contributed by atoms with E-state index in [2.05, 4.69) is 20.5 Å². The Hall–Kier alpha value is -2.81. The number of benzene rings is 2. The van der Waals surface area contributed by atoms with Gasteiger partial charge in [-0.2, -0.15) is 0 Å². The molecular formula is C25H28Cl2FN5O2. The molecule has 2 aromatic carbocycles. The van der Waals surface area contributed by atoms with Gasteiger partial charge >= 0.3 is 0 Å². The molecule has 0 bridgehead atoms. The lowest BCUT2D eigenvalue weighted by molar-refractivity contribution is -0.114. The summed E-state index contributed by atoms with van der Waals surface area (Å²) in [5.74, 6) is -2.37. The summed E-state index contributed by atoms with van der Waals surface area (Å²) in [6, 6.07) is 9.60. The molecule has 4 N–H and O–H groups in total. The van der Waals surface area contributed by atoms with Crippen molar-refractivity contribution in [3.63, 3.8) is 0 Å². The topological polar surface area (TPSA) is 92.0 Å². The number of primary amides is 1. The number of amides is 1. The summed E-state index contributed by atoms with van der Waals surface area (Å²) in [7, 11) is 0. The number of piperidine rings is 1. The molecular weight excluding hydrogens is 492 g/mol. The highest BCUT2D eigenvalue weighted by Crippen LogP contribution is 2.38. The number of hydrogen-bond donors (Lipinski definition) is 3. The zero-order chi connectivity index (χ0) is 24.8. The number of nitrogens with one attached hydrogen (secondary N) is 2. The number of likely N-dealkylation sites (tertiary alicyclic amines) is 1. The van der Waals surface area contributed by atoms with Gasteiger partial charge in [0.25, 0.3) is 5.91 Å². The van der Waals surface area contributed by atoms with Crippen LogP contribution in [0.4, 0.5) is 10.1 Å². The maximum absolute atomic E-state index is 14.9. The fourth-order valence-electron chi connectivity index (χ4n) is 4.23. The average molecular weight is 520 g/mol. The largest absolute Gasteiger partial charge is 0.490 e. The summed E-state index contributed by atoms with van der Waals surface area (Å²) < 4.78 is 20.6. The van der Waals surface area contributed by atoms with Gasteiger partial charge in [-0.25, -0.2) is 9.38 Å². The van der Waals surface area contributed by atoms with E-state index in [-0.39, 0.29) is 11.3 Å². The Balaban J connectivity index is 1.48. The maximum Gasteiger partial charge on any atom is 0.251 e. The van der Waals surface area contributed by atoms with Gasteiger partial charge in [0.1, 0.15) is 0 Å². The molecule has 0 aliphatic carbocycles. The fraction of sp³-hybridized carbons (Fsp3) is 0.360. The van der Waals surface area contributed by atoms with Gasteiger partial charge in [0.15, 0.2) is 11.6 Å². The molecule has 0 radical (unpaired) electrons. The van der Waals surface area contributed by atoms with Gasteiger partial charge in [-0.05, 0) is 56.6 Å². The van der Waals surface area contributed by atoms with Crippen LogP contribution in [0.1, 0.15) is 31.2 Å². The Morgan fingerprint density at radius 2 is 1.94 bits per heavy atom. The van der Waals surface area contributed by atoms with Crippen molar-refractivity contribution >= 4 is 41.0 Å². The van der Waals surface area contributed by atoms with Crippen LogP contribution in [-0.4, -0.2) is 43.3 Å². The molecule has 186 valence electrons. The lowest BCUT2D eigenvalue weighted by Gasteiger charge is -2.36. The Labute approximate surface area is 214 Å². The molecule has 10 heteroatoms. The number of carbonyl (C=O) groups excluding carboxylic acids is 1. The molecule has 1 atom stereocenters. The Morgan fingerprint density at radius 3 is 2.57 bits per heavy atom. The predicted molar refractivity (Wildman–Crippen MR) is 137 cm³/mol. The SMILES string of the molecule is NC(=O)C1=CNC(Nc2ccc(OCCCN3CCCCC3)c(F)c2)(c2c(Cl)cccc2Cl)N=C1. The maximum atomic E-state index is 14.9. The summed E-state index contributed by atoms with van der Waals surface area (Å²) in [5.41, 5.74) is 6.35. The molecule has 1 amide bonds. The lowest BCUT2D eigenvalue weighted by Crippen LogP contribution is -2.48. The number of hydrogen-bond acceptors (Lipinski definition) is 6. The standard InChI is InChI=1S/C25H28Cl2FN5O2/c26-19-6-4-7-20(27)23(19)25(30-15-17(16-31-25)24(29)34)32-18-8-9-22(21(28)14-18)35-13-5-12-33-10-2-1-3-11-33/h4,6-9,14-16,30,32H,1-3,5,10-13H2,(H2,29,34). The minimum absolute atomic E-state index is 0.171. The van der Waals surface area contributed by atoms with E-state index in [4.69, 9.17) is 33.7 Å². The third kappa shape index (κ3) is 6.07. The van der Waals surface area contributed by atoms with Crippen LogP contribution in [0, 0.1) is 5.82 Å². The molecule has 2 aliphatic heterocycles. The van der Waals surface area contributed by atoms with Crippen molar-refractivity contribution in [3.8, 4) is 5.75 Å². The number of ether oxygens (including phenoxy) is 1. The molecule has 7 nitrogen and oxygen atoms in total. The van der Waals surface area contributed by atoms with E-state index in [1.807, 2.05) is 0 Å². The lowest BCUT2D eigenvalue weighted by atomic mass is 10.0. The number of nitrogens with two attached hydrogens (primary N) is 1. The molecule has 1 unspecified atom stereocenters. The van der Waals surface area contributed by atoms with Crippen LogP contribution in [0.15, 0.2) is 53.2 Å². The second kappa shape index (κ2) is 11.3. The summed E-state index contributed by atoms with van der Waals surface area (Å²) in [4.78, 5) is 18.4. The molecule has 0 aromatic heterocycles. The molecule has 1 saturated heterocycles. The highest BCUT2D eigenvalue weighted by atomic mass is 35.5. The van der Waals surface area contributed by atoms with Crippen molar-refractivity contribution in [1.82, 2.24) is 10.2 Å². The van der Waals surface area contributed by atoms with Gasteiger partial charge in [-0.15, -0.1) is 0 Å². The first kappa shape index (κ1) is 25.3. The van der Waals surface area contributed by atoms with E-state index in [0.29, 0.717) is 27.9 Å². The molecule has 0 spiro atoms. The minimum Gasteiger partial charge on any atom is -0.490 e. The Kier molecular flexibility index (Phi) is 8.15. The molecule has 0 saturated carbocycles. The third-order valence-electron chi connectivity index (χ3n) is 6.02. The van der Waals surface area contributed by atoms with Gasteiger partial charge in [0.2, 0.25) is 5.79 Å². The second-order valence-corrected chi connectivity index (χ2v) is 9.36. The number of halogens is 3. The first-order valence-corrected chi connectivity index (χ1v) is 12.3. The van der Waals surface area contributed by atoms with Crippen LogP contribution < -0.4 is 21.1 Å². The second-order valence-electron chi connectivity index (χ2n) is 8.55. The zero-order valence-electron chi connectivity index (χ0n) is 19.2. The number of carbonyl (C=O) groups is 1. The van der Waals surface area contributed by atoms with Crippen LogP contribution in [-0.2, 0) is 10.6 Å². The third-order valence-corrected chi connectivity index (χ3v) is 6.65. The summed E-state index contributed by atoms with van der Waals surface area (Å²) in [6.07, 6.45) is 7.35. The molecule has 2 heterocycles. The summed E-state index contributed by atoms with van der Waals surface area (Å²) in [6.45, 7) is 3.63.